The third-order valence-corrected chi connectivity index (χ3v) is 6.54. The largest absolute Gasteiger partial charge is 0.461 e. The first-order valence-electron chi connectivity index (χ1n) is 10.9. The van der Waals surface area contributed by atoms with Crippen molar-refractivity contribution in [2.24, 2.45) is 5.73 Å². The number of anilines is 1. The van der Waals surface area contributed by atoms with Crippen molar-refractivity contribution in [1.29, 1.82) is 0 Å². The Morgan fingerprint density at radius 1 is 1.08 bits per heavy atom. The lowest BCUT2D eigenvalue weighted by Crippen LogP contribution is -2.26. The van der Waals surface area contributed by atoms with Crippen molar-refractivity contribution in [3.8, 4) is 11.1 Å². The molecule has 10 heteroatoms. The Kier molecular flexibility index (Phi) is 7.61. The van der Waals surface area contributed by atoms with Crippen LogP contribution in [0.3, 0.4) is 0 Å². The zero-order chi connectivity index (χ0) is 25.8. The lowest BCUT2D eigenvalue weighted by atomic mass is 10.0. The average molecular weight is 523 g/mol. The molecular formula is C26H23ClN4O4S. The van der Waals surface area contributed by atoms with Gasteiger partial charge in [-0.3, -0.25) is 9.59 Å². The number of fused-ring (bicyclic) bond motifs is 1. The molecule has 184 valence electrons. The van der Waals surface area contributed by atoms with Gasteiger partial charge < -0.3 is 15.4 Å². The van der Waals surface area contributed by atoms with Gasteiger partial charge in [-0.15, -0.1) is 0 Å². The van der Waals surface area contributed by atoms with E-state index in [1.54, 1.807) is 90.3 Å². The van der Waals surface area contributed by atoms with Gasteiger partial charge in [0.05, 0.1) is 22.3 Å². The number of aromatic nitrogens is 2. The highest BCUT2D eigenvalue weighted by atomic mass is 35.5. The summed E-state index contributed by atoms with van der Waals surface area (Å²) in [7, 11) is 1.62. The first-order chi connectivity index (χ1) is 17.3. The van der Waals surface area contributed by atoms with Crippen LogP contribution in [0, 0.1) is 0 Å². The number of rotatable bonds is 8. The minimum Gasteiger partial charge on any atom is -0.461 e. The van der Waals surface area contributed by atoms with E-state index >= 15 is 0 Å². The molecule has 0 aliphatic carbocycles. The van der Waals surface area contributed by atoms with Crippen molar-refractivity contribution in [3.05, 3.63) is 88.7 Å². The van der Waals surface area contributed by atoms with Gasteiger partial charge in [-0.05, 0) is 54.3 Å². The quantitative estimate of drug-likeness (QED) is 0.269. The van der Waals surface area contributed by atoms with Crippen LogP contribution in [0.15, 0.2) is 67.0 Å². The smallest absolute Gasteiger partial charge is 0.339 e. The molecule has 0 radical (unpaired) electrons. The first kappa shape index (κ1) is 25.3. The number of ether oxygens (including phenoxy) is 1. The van der Waals surface area contributed by atoms with E-state index in [9.17, 15) is 14.4 Å². The van der Waals surface area contributed by atoms with Gasteiger partial charge in [-0.25, -0.2) is 9.31 Å². The Labute approximate surface area is 217 Å². The minimum atomic E-state index is -0.538. The van der Waals surface area contributed by atoms with Crippen LogP contribution in [0.1, 0.15) is 31.1 Å². The molecular weight excluding hydrogens is 500 g/mol. The molecule has 0 bridgehead atoms. The fraction of sp³-hybridized carbons (Fsp3) is 0.154. The van der Waals surface area contributed by atoms with Gasteiger partial charge in [0, 0.05) is 41.4 Å². The molecule has 8 nitrogen and oxygen atoms in total. The van der Waals surface area contributed by atoms with E-state index in [1.807, 2.05) is 6.26 Å². The molecule has 0 spiro atoms. The molecule has 2 aromatic heterocycles. The average Bonchev–Trinajstić information content (AvgIpc) is 3.31. The molecule has 4 aromatic rings. The standard InChI is InChI=1S/C26H23ClN4O4S/c1-30(19-7-8-22(27)20(14-19)26(34)35-11-12-36-2)25(33)18-9-10-31-23(13-18)21(15-29-31)16-3-5-17(6-4-16)24(28)32/h3-10,13-15H,11-12H2,1-2H3,(H2,28,32). The van der Waals surface area contributed by atoms with Gasteiger partial charge in [-0.2, -0.15) is 16.9 Å². The molecule has 2 amide bonds. The summed E-state index contributed by atoms with van der Waals surface area (Å²) in [6.45, 7) is 0.272. The maximum atomic E-state index is 13.3. The van der Waals surface area contributed by atoms with E-state index in [4.69, 9.17) is 22.1 Å². The Balaban J connectivity index is 1.62. The molecule has 2 heterocycles. The maximum Gasteiger partial charge on any atom is 0.339 e. The van der Waals surface area contributed by atoms with Gasteiger partial charge in [0.1, 0.15) is 6.61 Å². The summed E-state index contributed by atoms with van der Waals surface area (Å²) in [6, 6.07) is 15.1. The zero-order valence-corrected chi connectivity index (χ0v) is 21.2. The maximum absolute atomic E-state index is 13.3. The summed E-state index contributed by atoms with van der Waals surface area (Å²) >= 11 is 7.78. The molecule has 2 N–H and O–H groups in total. The molecule has 4 rings (SSSR count). The van der Waals surface area contributed by atoms with Crippen molar-refractivity contribution in [2.45, 2.75) is 0 Å². The highest BCUT2D eigenvalue weighted by Crippen LogP contribution is 2.28. The van der Waals surface area contributed by atoms with Crippen LogP contribution in [0.4, 0.5) is 5.69 Å². The highest BCUT2D eigenvalue weighted by Gasteiger charge is 2.19. The number of hydrogen-bond donors (Lipinski definition) is 1. The fourth-order valence-corrected chi connectivity index (χ4v) is 4.08. The topological polar surface area (TPSA) is 107 Å². The van der Waals surface area contributed by atoms with Gasteiger partial charge >= 0.3 is 5.97 Å². The third kappa shape index (κ3) is 5.22. The fourth-order valence-electron chi connectivity index (χ4n) is 3.63. The van der Waals surface area contributed by atoms with Crippen molar-refractivity contribution in [2.75, 3.05) is 30.6 Å². The molecule has 0 atom stereocenters. The summed E-state index contributed by atoms with van der Waals surface area (Å²) in [5, 5.41) is 4.61. The minimum absolute atomic E-state index is 0.197. The van der Waals surface area contributed by atoms with E-state index in [1.165, 1.54) is 4.90 Å². The van der Waals surface area contributed by atoms with Crippen molar-refractivity contribution in [1.82, 2.24) is 9.61 Å². The predicted octanol–water partition coefficient (Wildman–Crippen LogP) is 4.55. The Morgan fingerprint density at radius 2 is 1.83 bits per heavy atom. The summed E-state index contributed by atoms with van der Waals surface area (Å²) in [5.41, 5.74) is 9.21. The number of halogens is 1. The number of nitrogens with zero attached hydrogens (tertiary/aromatic N) is 3. The number of nitrogens with two attached hydrogens (primary N) is 1. The summed E-state index contributed by atoms with van der Waals surface area (Å²) in [5.74, 6) is -0.645. The number of benzene rings is 2. The van der Waals surface area contributed by atoms with Crippen LogP contribution >= 0.6 is 23.4 Å². The first-order valence-corrected chi connectivity index (χ1v) is 12.7. The number of primary amides is 1. The van der Waals surface area contributed by atoms with Gasteiger partial charge in [0.15, 0.2) is 0 Å². The monoisotopic (exact) mass is 522 g/mol. The van der Waals surface area contributed by atoms with Crippen molar-refractivity contribution >= 4 is 52.4 Å². The summed E-state index contributed by atoms with van der Waals surface area (Å²) in [6.07, 6.45) is 5.32. The molecule has 2 aromatic carbocycles. The lowest BCUT2D eigenvalue weighted by molar-refractivity contribution is 0.0530. The van der Waals surface area contributed by atoms with E-state index in [2.05, 4.69) is 5.10 Å². The van der Waals surface area contributed by atoms with Crippen molar-refractivity contribution < 1.29 is 19.1 Å². The third-order valence-electron chi connectivity index (χ3n) is 5.63. The van der Waals surface area contributed by atoms with E-state index in [0.717, 1.165) is 16.6 Å². The molecule has 0 unspecified atom stereocenters. The normalized spacial score (nSPS) is 10.9. The zero-order valence-electron chi connectivity index (χ0n) is 19.6. The van der Waals surface area contributed by atoms with E-state index in [0.29, 0.717) is 22.6 Å². The van der Waals surface area contributed by atoms with E-state index in [-0.39, 0.29) is 23.1 Å². The van der Waals surface area contributed by atoms with Crippen LogP contribution in [0.25, 0.3) is 16.6 Å². The molecule has 0 saturated heterocycles. The SMILES string of the molecule is CSCCOC(=O)c1cc(N(C)C(=O)c2ccn3ncc(-c4ccc(C(N)=O)cc4)c3c2)ccc1Cl. The molecule has 0 aliphatic rings. The number of pyridine rings is 1. The second-order valence-corrected chi connectivity index (χ2v) is 9.29. The second-order valence-electron chi connectivity index (χ2n) is 7.90. The summed E-state index contributed by atoms with van der Waals surface area (Å²) < 4.78 is 6.93. The summed E-state index contributed by atoms with van der Waals surface area (Å²) in [4.78, 5) is 38.6. The number of thioether (sulfide) groups is 1. The van der Waals surface area contributed by atoms with Crippen LogP contribution in [0.5, 0.6) is 0 Å². The number of hydrogen-bond acceptors (Lipinski definition) is 6. The highest BCUT2D eigenvalue weighted by molar-refractivity contribution is 7.98. The van der Waals surface area contributed by atoms with Gasteiger partial charge in [-0.1, -0.05) is 23.7 Å². The number of amides is 2. The molecule has 0 fully saturated rings. The van der Waals surface area contributed by atoms with Gasteiger partial charge in [0.25, 0.3) is 5.91 Å². The van der Waals surface area contributed by atoms with Gasteiger partial charge in [0.2, 0.25) is 5.91 Å². The van der Waals surface area contributed by atoms with Crippen molar-refractivity contribution in [3.63, 3.8) is 0 Å². The van der Waals surface area contributed by atoms with Crippen LogP contribution in [-0.4, -0.2) is 53.1 Å². The van der Waals surface area contributed by atoms with Crippen LogP contribution in [0.2, 0.25) is 5.02 Å². The predicted molar refractivity (Wildman–Crippen MR) is 142 cm³/mol. The molecule has 0 aliphatic heterocycles. The number of esters is 1. The Morgan fingerprint density at radius 3 is 2.53 bits per heavy atom. The van der Waals surface area contributed by atoms with E-state index < -0.39 is 11.9 Å². The van der Waals surface area contributed by atoms with Crippen LogP contribution < -0.4 is 10.6 Å². The van der Waals surface area contributed by atoms with Crippen LogP contribution in [-0.2, 0) is 4.74 Å². The lowest BCUT2D eigenvalue weighted by Gasteiger charge is -2.19. The Hall–Kier alpha value is -3.82. The number of carbonyl (C=O) groups is 3. The second kappa shape index (κ2) is 10.8. The Bertz CT molecular complexity index is 1450. The molecule has 0 saturated carbocycles. The molecule has 36 heavy (non-hydrogen) atoms. The number of carbonyl (C=O) groups excluding carboxylic acids is 3.